The minimum absolute atomic E-state index is 0.127. The summed E-state index contributed by atoms with van der Waals surface area (Å²) in [6, 6.07) is 13.3. The zero-order chi connectivity index (χ0) is 15.1. The molecule has 0 saturated heterocycles. The number of furan rings is 1. The first-order valence-corrected chi connectivity index (χ1v) is 7.55. The molecule has 5 nitrogen and oxygen atoms in total. The molecule has 0 amide bonds. The van der Waals surface area contributed by atoms with E-state index < -0.39 is 0 Å². The van der Waals surface area contributed by atoms with E-state index in [2.05, 4.69) is 10.2 Å². The molecular weight excluding hydrogens is 298 g/mol. The van der Waals surface area contributed by atoms with Crippen LogP contribution in [0, 0.1) is 6.92 Å². The summed E-state index contributed by atoms with van der Waals surface area (Å²) in [5, 5.41) is 8.23. The fraction of sp³-hybridized carbons (Fsp3) is 0.0625. The molecule has 0 atom stereocenters. The molecule has 22 heavy (non-hydrogen) atoms. The van der Waals surface area contributed by atoms with E-state index in [9.17, 15) is 4.79 Å². The normalized spacial score (nSPS) is 12.3. The summed E-state index contributed by atoms with van der Waals surface area (Å²) < 4.78 is 7.62. The predicted octanol–water partition coefficient (Wildman–Crippen LogP) is 2.27. The van der Waals surface area contributed by atoms with Gasteiger partial charge in [0.1, 0.15) is 16.1 Å². The lowest BCUT2D eigenvalue weighted by Gasteiger charge is -1.94. The highest BCUT2D eigenvalue weighted by Crippen LogP contribution is 2.17. The Morgan fingerprint density at radius 2 is 1.95 bits per heavy atom. The number of rotatable bonds is 2. The van der Waals surface area contributed by atoms with E-state index in [1.165, 1.54) is 11.3 Å². The summed E-state index contributed by atoms with van der Waals surface area (Å²) >= 11 is 1.30. The molecule has 4 aromatic rings. The summed E-state index contributed by atoms with van der Waals surface area (Å²) in [6.07, 6.45) is 1.74. The van der Waals surface area contributed by atoms with Gasteiger partial charge in [0, 0.05) is 11.6 Å². The van der Waals surface area contributed by atoms with Crippen molar-refractivity contribution < 1.29 is 4.42 Å². The van der Waals surface area contributed by atoms with Crippen LogP contribution in [0.1, 0.15) is 11.5 Å². The molecule has 1 aromatic carbocycles. The molecule has 0 saturated carbocycles. The van der Waals surface area contributed by atoms with Crippen molar-refractivity contribution in [2.75, 3.05) is 0 Å². The Kier molecular flexibility index (Phi) is 2.90. The van der Waals surface area contributed by atoms with Gasteiger partial charge in [-0.1, -0.05) is 41.7 Å². The van der Waals surface area contributed by atoms with Crippen LogP contribution in [0.2, 0.25) is 0 Å². The van der Waals surface area contributed by atoms with Gasteiger partial charge >= 0.3 is 0 Å². The van der Waals surface area contributed by atoms with Crippen molar-refractivity contribution in [1.82, 2.24) is 14.6 Å². The van der Waals surface area contributed by atoms with Crippen molar-refractivity contribution in [2.45, 2.75) is 6.92 Å². The maximum absolute atomic E-state index is 12.6. The van der Waals surface area contributed by atoms with Crippen LogP contribution in [0.4, 0.5) is 0 Å². The third-order valence-corrected chi connectivity index (χ3v) is 4.27. The Morgan fingerprint density at radius 1 is 1.14 bits per heavy atom. The molecule has 0 spiro atoms. The molecule has 4 rings (SSSR count). The second-order valence-electron chi connectivity index (χ2n) is 4.87. The molecule has 0 N–H and O–H groups in total. The summed E-state index contributed by atoms with van der Waals surface area (Å²) in [4.78, 5) is 13.2. The Hall–Kier alpha value is -2.73. The van der Waals surface area contributed by atoms with Crippen molar-refractivity contribution in [3.63, 3.8) is 0 Å². The van der Waals surface area contributed by atoms with E-state index in [1.54, 1.807) is 10.5 Å². The monoisotopic (exact) mass is 309 g/mol. The van der Waals surface area contributed by atoms with Crippen molar-refractivity contribution in [3.8, 4) is 11.4 Å². The zero-order valence-electron chi connectivity index (χ0n) is 11.7. The van der Waals surface area contributed by atoms with Crippen LogP contribution in [-0.4, -0.2) is 14.6 Å². The van der Waals surface area contributed by atoms with Crippen LogP contribution in [-0.2, 0) is 0 Å². The van der Waals surface area contributed by atoms with Crippen LogP contribution in [0.15, 0.2) is 51.7 Å². The number of hydrogen-bond donors (Lipinski definition) is 0. The first-order chi connectivity index (χ1) is 10.7. The number of hydrogen-bond acceptors (Lipinski definition) is 5. The number of aryl methyl sites for hydroxylation is 1. The Bertz CT molecular complexity index is 1060. The van der Waals surface area contributed by atoms with Crippen LogP contribution in [0.3, 0.4) is 0 Å². The largest absolute Gasteiger partial charge is 0.462 e. The number of thiazole rings is 1. The third-order valence-electron chi connectivity index (χ3n) is 3.31. The number of benzene rings is 1. The lowest BCUT2D eigenvalue weighted by atomic mass is 10.2. The molecule has 0 radical (unpaired) electrons. The fourth-order valence-electron chi connectivity index (χ4n) is 2.30. The van der Waals surface area contributed by atoms with Gasteiger partial charge in [-0.25, -0.2) is 4.40 Å². The first-order valence-electron chi connectivity index (χ1n) is 6.74. The lowest BCUT2D eigenvalue weighted by molar-refractivity contribution is 0.525. The van der Waals surface area contributed by atoms with E-state index in [4.69, 9.17) is 4.42 Å². The molecule has 108 valence electrons. The minimum Gasteiger partial charge on any atom is -0.462 e. The van der Waals surface area contributed by atoms with Crippen molar-refractivity contribution >= 4 is 22.4 Å². The molecule has 0 aliphatic heterocycles. The van der Waals surface area contributed by atoms with Gasteiger partial charge in [-0.15, -0.1) is 10.2 Å². The standard InChI is InChI=1S/C16H11N3O2S/c1-10-7-8-12(21-10)9-13-15(20)19-14(17-18-16(19)22-13)11-5-3-2-4-6-11/h2-9H,1H3. The molecule has 0 bridgehead atoms. The van der Waals surface area contributed by atoms with Gasteiger partial charge < -0.3 is 4.42 Å². The van der Waals surface area contributed by atoms with Crippen LogP contribution >= 0.6 is 11.3 Å². The zero-order valence-corrected chi connectivity index (χ0v) is 12.5. The van der Waals surface area contributed by atoms with Gasteiger partial charge in [0.2, 0.25) is 4.96 Å². The molecule has 6 heteroatoms. The quantitative estimate of drug-likeness (QED) is 0.570. The van der Waals surface area contributed by atoms with E-state index >= 15 is 0 Å². The van der Waals surface area contributed by atoms with Gasteiger partial charge in [0.25, 0.3) is 5.56 Å². The maximum Gasteiger partial charge on any atom is 0.276 e. The highest BCUT2D eigenvalue weighted by molar-refractivity contribution is 7.15. The average molecular weight is 309 g/mol. The van der Waals surface area contributed by atoms with Gasteiger partial charge in [0.05, 0.1) is 0 Å². The average Bonchev–Trinajstić information content (AvgIpc) is 3.20. The van der Waals surface area contributed by atoms with E-state index in [-0.39, 0.29) is 5.56 Å². The van der Waals surface area contributed by atoms with Crippen LogP contribution in [0.25, 0.3) is 22.4 Å². The molecule has 0 aliphatic carbocycles. The van der Waals surface area contributed by atoms with E-state index in [1.807, 2.05) is 49.4 Å². The smallest absolute Gasteiger partial charge is 0.276 e. The van der Waals surface area contributed by atoms with Gasteiger partial charge in [0.15, 0.2) is 5.82 Å². The van der Waals surface area contributed by atoms with Crippen LogP contribution < -0.4 is 10.1 Å². The SMILES string of the molecule is Cc1ccc(C=c2sc3nnc(-c4ccccc4)n3c2=O)o1. The molecular formula is C16H11N3O2S. The summed E-state index contributed by atoms with van der Waals surface area (Å²) in [6.45, 7) is 1.87. The van der Waals surface area contributed by atoms with Crippen LogP contribution in [0.5, 0.6) is 0 Å². The Labute approximate surface area is 129 Å². The lowest BCUT2D eigenvalue weighted by Crippen LogP contribution is -2.23. The van der Waals surface area contributed by atoms with Gasteiger partial charge in [-0.3, -0.25) is 4.79 Å². The minimum atomic E-state index is -0.127. The Balaban J connectivity index is 1.94. The molecule has 0 fully saturated rings. The third kappa shape index (κ3) is 2.05. The molecule has 3 heterocycles. The first kappa shape index (κ1) is 13.0. The number of fused-ring (bicyclic) bond motifs is 1. The summed E-state index contributed by atoms with van der Waals surface area (Å²) in [5.41, 5.74) is 0.739. The summed E-state index contributed by atoms with van der Waals surface area (Å²) in [5.74, 6) is 2.03. The fourth-order valence-corrected chi connectivity index (χ4v) is 3.19. The molecule has 0 aliphatic rings. The Morgan fingerprint density at radius 3 is 2.68 bits per heavy atom. The molecule has 3 aromatic heterocycles. The summed E-state index contributed by atoms with van der Waals surface area (Å²) in [7, 11) is 0. The van der Waals surface area contributed by atoms with Crippen molar-refractivity contribution in [1.29, 1.82) is 0 Å². The van der Waals surface area contributed by atoms with E-state index in [0.717, 1.165) is 11.3 Å². The topological polar surface area (TPSA) is 60.4 Å². The predicted molar refractivity (Wildman–Crippen MR) is 84.8 cm³/mol. The second kappa shape index (κ2) is 4.92. The second-order valence-corrected chi connectivity index (χ2v) is 5.88. The number of aromatic nitrogens is 3. The maximum atomic E-state index is 12.6. The highest BCUT2D eigenvalue weighted by atomic mass is 32.1. The van der Waals surface area contributed by atoms with Crippen molar-refractivity contribution in [3.05, 3.63) is 68.9 Å². The van der Waals surface area contributed by atoms with E-state index in [0.29, 0.717) is 21.1 Å². The van der Waals surface area contributed by atoms with Crippen molar-refractivity contribution in [2.24, 2.45) is 0 Å². The van der Waals surface area contributed by atoms with Gasteiger partial charge in [-0.2, -0.15) is 0 Å². The number of nitrogens with zero attached hydrogens (tertiary/aromatic N) is 3. The molecule has 0 unspecified atom stereocenters. The highest BCUT2D eigenvalue weighted by Gasteiger charge is 2.13. The van der Waals surface area contributed by atoms with Gasteiger partial charge in [-0.05, 0) is 19.1 Å².